The third-order valence-electron chi connectivity index (χ3n) is 5.85. The normalized spacial score (nSPS) is 23.9. The van der Waals surface area contributed by atoms with Crippen LogP contribution < -0.4 is 0 Å². The van der Waals surface area contributed by atoms with Crippen LogP contribution in [0.4, 0.5) is 4.39 Å². The summed E-state index contributed by atoms with van der Waals surface area (Å²) in [5.74, 6) is -0.809. The Morgan fingerprint density at radius 2 is 1.72 bits per heavy atom. The van der Waals surface area contributed by atoms with Gasteiger partial charge in [-0.3, -0.25) is 4.79 Å². The van der Waals surface area contributed by atoms with Crippen LogP contribution in [0.3, 0.4) is 0 Å². The molecule has 2 heterocycles. The van der Waals surface area contributed by atoms with E-state index in [2.05, 4.69) is 4.90 Å². The van der Waals surface area contributed by atoms with Gasteiger partial charge < -0.3 is 19.6 Å². The second-order valence-electron chi connectivity index (χ2n) is 7.77. The standard InChI is InChI=1S/C23H27FN2O3/c24-20-9-5-4-8-19(20)23(28)26-14-15-29-21(16-25-12-10-18(27)11-13-25)22(26)17-6-2-1-3-7-17/h1-9,18,21-22,27H,10-16H2/t21-,22-/m0/s1. The van der Waals surface area contributed by atoms with Crippen molar-refractivity contribution in [2.45, 2.75) is 31.1 Å². The van der Waals surface area contributed by atoms with E-state index in [9.17, 15) is 14.3 Å². The Hall–Kier alpha value is -2.28. The number of piperidine rings is 1. The molecule has 2 aliphatic heterocycles. The van der Waals surface area contributed by atoms with Crippen LogP contribution in [0.5, 0.6) is 0 Å². The lowest BCUT2D eigenvalue weighted by molar-refractivity contribution is -0.0771. The Balaban J connectivity index is 1.61. The Bertz CT molecular complexity index is 824. The van der Waals surface area contributed by atoms with Gasteiger partial charge in [-0.15, -0.1) is 0 Å². The number of hydrogen-bond donors (Lipinski definition) is 1. The minimum Gasteiger partial charge on any atom is -0.393 e. The number of nitrogens with zero attached hydrogens (tertiary/aromatic N) is 2. The zero-order valence-corrected chi connectivity index (χ0v) is 16.4. The number of benzene rings is 2. The molecule has 2 fully saturated rings. The maximum Gasteiger partial charge on any atom is 0.257 e. The van der Waals surface area contributed by atoms with Gasteiger partial charge in [-0.1, -0.05) is 42.5 Å². The molecular weight excluding hydrogens is 371 g/mol. The minimum absolute atomic E-state index is 0.0928. The molecule has 2 aliphatic rings. The van der Waals surface area contributed by atoms with Crippen LogP contribution in [-0.4, -0.2) is 65.8 Å². The summed E-state index contributed by atoms with van der Waals surface area (Å²) >= 11 is 0. The molecule has 29 heavy (non-hydrogen) atoms. The van der Waals surface area contributed by atoms with Crippen molar-refractivity contribution in [3.05, 3.63) is 71.5 Å². The molecule has 0 bridgehead atoms. The highest BCUT2D eigenvalue weighted by Crippen LogP contribution is 2.32. The smallest absolute Gasteiger partial charge is 0.257 e. The number of carbonyl (C=O) groups is 1. The fourth-order valence-electron chi connectivity index (χ4n) is 4.30. The van der Waals surface area contributed by atoms with Crippen LogP contribution in [0.2, 0.25) is 0 Å². The highest BCUT2D eigenvalue weighted by molar-refractivity contribution is 5.94. The minimum atomic E-state index is -0.502. The molecule has 2 saturated heterocycles. The van der Waals surface area contributed by atoms with E-state index < -0.39 is 5.82 Å². The van der Waals surface area contributed by atoms with E-state index >= 15 is 0 Å². The molecule has 0 unspecified atom stereocenters. The number of hydrogen-bond acceptors (Lipinski definition) is 4. The van der Waals surface area contributed by atoms with E-state index in [1.54, 1.807) is 17.0 Å². The summed E-state index contributed by atoms with van der Waals surface area (Å²) in [6, 6.07) is 15.7. The molecule has 2 aromatic carbocycles. The second-order valence-corrected chi connectivity index (χ2v) is 7.77. The van der Waals surface area contributed by atoms with Crippen molar-refractivity contribution >= 4 is 5.91 Å². The van der Waals surface area contributed by atoms with E-state index in [-0.39, 0.29) is 29.7 Å². The first kappa shape index (κ1) is 20.0. The third kappa shape index (κ3) is 4.50. The molecule has 0 saturated carbocycles. The Labute approximate surface area is 170 Å². The van der Waals surface area contributed by atoms with Gasteiger partial charge in [0.15, 0.2) is 0 Å². The maximum absolute atomic E-state index is 14.3. The predicted molar refractivity (Wildman–Crippen MR) is 108 cm³/mol. The first-order chi connectivity index (χ1) is 14.1. The molecule has 2 atom stereocenters. The predicted octanol–water partition coefficient (Wildman–Crippen LogP) is 2.86. The lowest BCUT2D eigenvalue weighted by Crippen LogP contribution is -2.53. The number of likely N-dealkylation sites (tertiary alicyclic amines) is 1. The van der Waals surface area contributed by atoms with Gasteiger partial charge in [-0.05, 0) is 30.5 Å². The van der Waals surface area contributed by atoms with Crippen LogP contribution in [0.15, 0.2) is 54.6 Å². The number of rotatable bonds is 4. The first-order valence-corrected chi connectivity index (χ1v) is 10.3. The fraction of sp³-hybridized carbons (Fsp3) is 0.435. The third-order valence-corrected chi connectivity index (χ3v) is 5.85. The van der Waals surface area contributed by atoms with Gasteiger partial charge >= 0.3 is 0 Å². The van der Waals surface area contributed by atoms with Gasteiger partial charge in [-0.2, -0.15) is 0 Å². The number of aliphatic hydroxyl groups excluding tert-OH is 1. The van der Waals surface area contributed by atoms with Crippen molar-refractivity contribution in [2.75, 3.05) is 32.8 Å². The largest absolute Gasteiger partial charge is 0.393 e. The molecule has 1 N–H and O–H groups in total. The molecule has 0 spiro atoms. The van der Waals surface area contributed by atoms with Crippen molar-refractivity contribution in [1.82, 2.24) is 9.80 Å². The summed E-state index contributed by atoms with van der Waals surface area (Å²) in [4.78, 5) is 17.3. The number of morpholine rings is 1. The highest BCUT2D eigenvalue weighted by atomic mass is 19.1. The van der Waals surface area contributed by atoms with Crippen LogP contribution in [-0.2, 0) is 4.74 Å². The van der Waals surface area contributed by atoms with Gasteiger partial charge in [0.1, 0.15) is 5.82 Å². The van der Waals surface area contributed by atoms with Crippen LogP contribution in [0, 0.1) is 5.82 Å². The van der Waals surface area contributed by atoms with Crippen molar-refractivity contribution in [2.24, 2.45) is 0 Å². The lowest BCUT2D eigenvalue weighted by atomic mass is 9.95. The molecule has 2 aromatic rings. The molecule has 5 nitrogen and oxygen atoms in total. The van der Waals surface area contributed by atoms with Crippen LogP contribution in [0.1, 0.15) is 34.8 Å². The van der Waals surface area contributed by atoms with E-state index in [1.807, 2.05) is 30.3 Å². The highest BCUT2D eigenvalue weighted by Gasteiger charge is 2.38. The van der Waals surface area contributed by atoms with Crippen LogP contribution >= 0.6 is 0 Å². The van der Waals surface area contributed by atoms with Crippen molar-refractivity contribution in [3.8, 4) is 0 Å². The number of ether oxygens (including phenoxy) is 1. The topological polar surface area (TPSA) is 53.0 Å². The van der Waals surface area contributed by atoms with E-state index in [4.69, 9.17) is 4.74 Å². The summed E-state index contributed by atoms with van der Waals surface area (Å²) in [6.07, 6.45) is 1.06. The molecular formula is C23H27FN2O3. The van der Waals surface area contributed by atoms with E-state index in [1.165, 1.54) is 12.1 Å². The quantitative estimate of drug-likeness (QED) is 0.861. The van der Waals surface area contributed by atoms with Gasteiger partial charge in [0.2, 0.25) is 0 Å². The molecule has 0 aliphatic carbocycles. The average Bonchev–Trinajstić information content (AvgIpc) is 2.76. The summed E-state index contributed by atoms with van der Waals surface area (Å²) in [5.41, 5.74) is 1.08. The summed E-state index contributed by atoms with van der Waals surface area (Å²) in [7, 11) is 0. The number of halogens is 1. The lowest BCUT2D eigenvalue weighted by Gasteiger charge is -2.44. The first-order valence-electron chi connectivity index (χ1n) is 10.3. The summed E-state index contributed by atoms with van der Waals surface area (Å²) in [6.45, 7) is 3.13. The van der Waals surface area contributed by atoms with Crippen molar-refractivity contribution in [1.29, 1.82) is 0 Å². The molecule has 4 rings (SSSR count). The molecule has 0 aromatic heterocycles. The van der Waals surface area contributed by atoms with Crippen molar-refractivity contribution < 1.29 is 19.0 Å². The molecule has 0 radical (unpaired) electrons. The SMILES string of the molecule is O=C(c1ccccc1F)N1CCO[C@@H](CN2CCC(O)CC2)[C@@H]1c1ccccc1. The Kier molecular flexibility index (Phi) is 6.23. The van der Waals surface area contributed by atoms with E-state index in [0.29, 0.717) is 19.7 Å². The molecule has 154 valence electrons. The molecule has 6 heteroatoms. The zero-order valence-electron chi connectivity index (χ0n) is 16.4. The summed E-state index contributed by atoms with van der Waals surface area (Å²) in [5, 5.41) is 9.78. The summed E-state index contributed by atoms with van der Waals surface area (Å²) < 4.78 is 20.4. The zero-order chi connectivity index (χ0) is 20.2. The second kappa shape index (κ2) is 9.03. The molecule has 1 amide bonds. The average molecular weight is 398 g/mol. The Morgan fingerprint density at radius 3 is 2.45 bits per heavy atom. The van der Waals surface area contributed by atoms with Gasteiger partial charge in [-0.25, -0.2) is 4.39 Å². The van der Waals surface area contributed by atoms with Gasteiger partial charge in [0.25, 0.3) is 5.91 Å². The fourth-order valence-corrected chi connectivity index (χ4v) is 4.30. The Morgan fingerprint density at radius 1 is 1.03 bits per heavy atom. The number of carbonyl (C=O) groups excluding carboxylic acids is 1. The maximum atomic E-state index is 14.3. The monoisotopic (exact) mass is 398 g/mol. The van der Waals surface area contributed by atoms with Gasteiger partial charge in [0.05, 0.1) is 30.4 Å². The van der Waals surface area contributed by atoms with Gasteiger partial charge in [0, 0.05) is 26.2 Å². The van der Waals surface area contributed by atoms with E-state index in [0.717, 1.165) is 31.5 Å². The number of aliphatic hydroxyl groups is 1. The number of amides is 1. The van der Waals surface area contributed by atoms with Crippen molar-refractivity contribution in [3.63, 3.8) is 0 Å². The van der Waals surface area contributed by atoms with Crippen LogP contribution in [0.25, 0.3) is 0 Å².